The molecular formula is C10H21ClN2O2. The van der Waals surface area contributed by atoms with Crippen LogP contribution in [0.25, 0.3) is 0 Å². The fraction of sp³-hybridized carbons (Fsp3) is 0.900. The van der Waals surface area contributed by atoms with E-state index >= 15 is 0 Å². The topological polar surface area (TPSA) is 61.4 Å². The fourth-order valence-corrected chi connectivity index (χ4v) is 1.13. The molecule has 0 bridgehead atoms. The van der Waals surface area contributed by atoms with E-state index in [9.17, 15) is 4.79 Å². The van der Waals surface area contributed by atoms with Gasteiger partial charge in [-0.2, -0.15) is 0 Å². The summed E-state index contributed by atoms with van der Waals surface area (Å²) in [7, 11) is 0. The molecule has 5 heteroatoms. The molecule has 0 saturated heterocycles. The lowest BCUT2D eigenvalue weighted by molar-refractivity contribution is -0.121. The number of hydrogen-bond donors (Lipinski definition) is 3. The Morgan fingerprint density at radius 1 is 1.47 bits per heavy atom. The number of hydrogen-bond acceptors (Lipinski definition) is 3. The highest BCUT2D eigenvalue weighted by molar-refractivity contribution is 5.85. The molecule has 0 radical (unpaired) electrons. The maximum Gasteiger partial charge on any atom is 0.234 e. The van der Waals surface area contributed by atoms with E-state index < -0.39 is 0 Å². The van der Waals surface area contributed by atoms with Crippen LogP contribution in [0.4, 0.5) is 0 Å². The average molecular weight is 237 g/mol. The monoisotopic (exact) mass is 236 g/mol. The second-order valence-electron chi connectivity index (χ2n) is 4.17. The van der Waals surface area contributed by atoms with Gasteiger partial charge >= 0.3 is 0 Å². The number of rotatable bonds is 6. The SMILES string of the molecule is CC(CO)C(C)NC(=O)CNC1CC1.Cl. The first kappa shape index (κ1) is 14.7. The van der Waals surface area contributed by atoms with Crippen molar-refractivity contribution in [2.45, 2.75) is 38.8 Å². The van der Waals surface area contributed by atoms with E-state index in [0.717, 1.165) is 0 Å². The van der Waals surface area contributed by atoms with Crippen molar-refractivity contribution in [3.8, 4) is 0 Å². The van der Waals surface area contributed by atoms with E-state index in [0.29, 0.717) is 12.6 Å². The minimum absolute atomic E-state index is 0. The van der Waals surface area contributed by atoms with E-state index in [2.05, 4.69) is 10.6 Å². The standard InChI is InChI=1S/C10H20N2O2.ClH/c1-7(6-13)8(2)12-10(14)5-11-9-3-4-9;/h7-9,11,13H,3-6H2,1-2H3,(H,12,14);1H. The summed E-state index contributed by atoms with van der Waals surface area (Å²) in [6.07, 6.45) is 2.38. The predicted octanol–water partition coefficient (Wildman–Crippen LogP) is 0.293. The third-order valence-electron chi connectivity index (χ3n) is 2.66. The highest BCUT2D eigenvalue weighted by Gasteiger charge is 2.21. The van der Waals surface area contributed by atoms with E-state index in [1.165, 1.54) is 12.8 Å². The number of nitrogens with one attached hydrogen (secondary N) is 2. The molecule has 2 atom stereocenters. The van der Waals surface area contributed by atoms with Gasteiger partial charge in [-0.25, -0.2) is 0 Å². The van der Waals surface area contributed by atoms with Gasteiger partial charge in [0.1, 0.15) is 0 Å². The van der Waals surface area contributed by atoms with Gasteiger partial charge in [-0.05, 0) is 25.7 Å². The van der Waals surface area contributed by atoms with Crippen LogP contribution in [0.1, 0.15) is 26.7 Å². The van der Waals surface area contributed by atoms with Crippen molar-refractivity contribution in [1.29, 1.82) is 0 Å². The number of carbonyl (C=O) groups is 1. The molecule has 1 fully saturated rings. The molecule has 90 valence electrons. The molecule has 1 amide bonds. The second kappa shape index (κ2) is 7.04. The normalized spacial score (nSPS) is 18.9. The minimum atomic E-state index is 0. The Kier molecular flexibility index (Phi) is 6.89. The summed E-state index contributed by atoms with van der Waals surface area (Å²) in [4.78, 5) is 11.4. The van der Waals surface area contributed by atoms with E-state index in [1.807, 2.05) is 13.8 Å². The summed E-state index contributed by atoms with van der Waals surface area (Å²) in [5.74, 6) is 0.129. The first-order valence-corrected chi connectivity index (χ1v) is 5.27. The zero-order chi connectivity index (χ0) is 10.6. The molecule has 0 spiro atoms. The number of halogens is 1. The summed E-state index contributed by atoms with van der Waals surface area (Å²) in [5.41, 5.74) is 0. The lowest BCUT2D eigenvalue weighted by atomic mass is 10.1. The van der Waals surface area contributed by atoms with Gasteiger partial charge in [-0.3, -0.25) is 4.79 Å². The zero-order valence-electron chi connectivity index (χ0n) is 9.32. The maximum atomic E-state index is 11.4. The third kappa shape index (κ3) is 5.97. The number of aliphatic hydroxyl groups is 1. The first-order chi connectivity index (χ1) is 6.63. The molecule has 0 aromatic rings. The van der Waals surface area contributed by atoms with E-state index in [1.54, 1.807) is 0 Å². The Labute approximate surface area is 97.2 Å². The van der Waals surface area contributed by atoms with Crippen LogP contribution in [-0.4, -0.2) is 36.2 Å². The first-order valence-electron chi connectivity index (χ1n) is 5.27. The van der Waals surface area contributed by atoms with Crippen LogP contribution in [0.3, 0.4) is 0 Å². The number of carbonyl (C=O) groups excluding carboxylic acids is 1. The third-order valence-corrected chi connectivity index (χ3v) is 2.66. The van der Waals surface area contributed by atoms with Crippen LogP contribution in [0.2, 0.25) is 0 Å². The molecule has 1 aliphatic carbocycles. The Morgan fingerprint density at radius 2 is 2.07 bits per heavy atom. The highest BCUT2D eigenvalue weighted by atomic mass is 35.5. The molecule has 0 aliphatic heterocycles. The van der Waals surface area contributed by atoms with Gasteiger partial charge in [0, 0.05) is 18.7 Å². The molecule has 2 unspecified atom stereocenters. The molecular weight excluding hydrogens is 216 g/mol. The summed E-state index contributed by atoms with van der Waals surface area (Å²) in [6.45, 7) is 4.33. The van der Waals surface area contributed by atoms with Crippen LogP contribution in [0.15, 0.2) is 0 Å². The molecule has 0 aromatic heterocycles. The van der Waals surface area contributed by atoms with Crippen LogP contribution in [-0.2, 0) is 4.79 Å². The van der Waals surface area contributed by atoms with Gasteiger partial charge in [0.15, 0.2) is 0 Å². The van der Waals surface area contributed by atoms with Crippen LogP contribution < -0.4 is 10.6 Å². The van der Waals surface area contributed by atoms with Gasteiger partial charge in [0.05, 0.1) is 6.54 Å². The highest BCUT2D eigenvalue weighted by Crippen LogP contribution is 2.17. The second-order valence-corrected chi connectivity index (χ2v) is 4.17. The van der Waals surface area contributed by atoms with Gasteiger partial charge in [0.2, 0.25) is 5.91 Å². The minimum Gasteiger partial charge on any atom is -0.396 e. The molecule has 0 aromatic carbocycles. The predicted molar refractivity (Wildman–Crippen MR) is 62.1 cm³/mol. The van der Waals surface area contributed by atoms with Gasteiger partial charge in [-0.1, -0.05) is 6.92 Å². The van der Waals surface area contributed by atoms with Crippen molar-refractivity contribution in [1.82, 2.24) is 10.6 Å². The lowest BCUT2D eigenvalue weighted by Gasteiger charge is -2.19. The maximum absolute atomic E-state index is 11.4. The Balaban J connectivity index is 0.00000196. The van der Waals surface area contributed by atoms with E-state index in [4.69, 9.17) is 5.11 Å². The van der Waals surface area contributed by atoms with Crippen molar-refractivity contribution in [2.24, 2.45) is 5.92 Å². The summed E-state index contributed by atoms with van der Waals surface area (Å²) in [5, 5.41) is 14.9. The lowest BCUT2D eigenvalue weighted by Crippen LogP contribution is -2.43. The molecule has 1 saturated carbocycles. The Morgan fingerprint density at radius 3 is 2.53 bits per heavy atom. The molecule has 1 aliphatic rings. The quantitative estimate of drug-likeness (QED) is 0.622. The van der Waals surface area contributed by atoms with Gasteiger partial charge in [-0.15, -0.1) is 12.4 Å². The van der Waals surface area contributed by atoms with Crippen LogP contribution in [0.5, 0.6) is 0 Å². The molecule has 4 nitrogen and oxygen atoms in total. The number of aliphatic hydroxyl groups excluding tert-OH is 1. The van der Waals surface area contributed by atoms with Gasteiger partial charge < -0.3 is 15.7 Å². The van der Waals surface area contributed by atoms with Crippen LogP contribution >= 0.6 is 12.4 Å². The summed E-state index contributed by atoms with van der Waals surface area (Å²) in [6, 6.07) is 0.597. The largest absolute Gasteiger partial charge is 0.396 e. The van der Waals surface area contributed by atoms with Crippen molar-refractivity contribution in [3.05, 3.63) is 0 Å². The molecule has 3 N–H and O–H groups in total. The average Bonchev–Trinajstić information content (AvgIpc) is 2.96. The van der Waals surface area contributed by atoms with Gasteiger partial charge in [0.25, 0.3) is 0 Å². The molecule has 1 rings (SSSR count). The van der Waals surface area contributed by atoms with Crippen molar-refractivity contribution in [2.75, 3.05) is 13.2 Å². The van der Waals surface area contributed by atoms with E-state index in [-0.39, 0.29) is 36.9 Å². The number of amides is 1. The summed E-state index contributed by atoms with van der Waals surface area (Å²) < 4.78 is 0. The van der Waals surface area contributed by atoms with Crippen molar-refractivity contribution in [3.63, 3.8) is 0 Å². The zero-order valence-corrected chi connectivity index (χ0v) is 10.1. The van der Waals surface area contributed by atoms with Crippen LogP contribution in [0, 0.1) is 5.92 Å². The van der Waals surface area contributed by atoms with Crippen molar-refractivity contribution >= 4 is 18.3 Å². The Bertz CT molecular complexity index is 198. The Hall–Kier alpha value is -0.320. The molecule has 0 heterocycles. The molecule has 15 heavy (non-hydrogen) atoms. The van der Waals surface area contributed by atoms with Crippen molar-refractivity contribution < 1.29 is 9.90 Å². The fourth-order valence-electron chi connectivity index (χ4n) is 1.13. The smallest absolute Gasteiger partial charge is 0.234 e. The summed E-state index contributed by atoms with van der Waals surface area (Å²) >= 11 is 0.